The van der Waals surface area contributed by atoms with Gasteiger partial charge in [0.05, 0.1) is 23.2 Å². The molecule has 1 aliphatic heterocycles. The van der Waals surface area contributed by atoms with Crippen molar-refractivity contribution >= 4 is 23.2 Å². The van der Waals surface area contributed by atoms with Crippen LogP contribution in [-0.2, 0) is 9.59 Å². The molecule has 0 spiro atoms. The van der Waals surface area contributed by atoms with Crippen LogP contribution in [0.4, 0.5) is 15.8 Å². The molecule has 0 aromatic heterocycles. The van der Waals surface area contributed by atoms with Crippen molar-refractivity contribution < 1.29 is 14.0 Å². The van der Waals surface area contributed by atoms with Crippen LogP contribution >= 0.6 is 0 Å². The fraction of sp³-hybridized carbons (Fsp3) is 0.333. The Morgan fingerprint density at radius 2 is 1.70 bits per heavy atom. The number of allylic oxidation sites excluding steroid dienone is 2. The van der Waals surface area contributed by atoms with Gasteiger partial charge < -0.3 is 5.73 Å². The lowest BCUT2D eigenvalue weighted by Crippen LogP contribution is -2.32. The predicted molar refractivity (Wildman–Crippen MR) is 71.0 cm³/mol. The quantitative estimate of drug-likeness (QED) is 0.481. The van der Waals surface area contributed by atoms with Gasteiger partial charge in [0.2, 0.25) is 11.8 Å². The molecule has 4 atom stereocenters. The summed E-state index contributed by atoms with van der Waals surface area (Å²) in [6.07, 6.45) is 4.98. The highest BCUT2D eigenvalue weighted by Gasteiger charge is 2.59. The monoisotopic (exact) mass is 272 g/mol. The molecular formula is C15H13FN2O2. The number of halogens is 1. The Bertz CT molecular complexity index is 640. The molecule has 4 unspecified atom stereocenters. The second-order valence-corrected chi connectivity index (χ2v) is 5.72. The molecule has 1 aromatic carbocycles. The summed E-state index contributed by atoms with van der Waals surface area (Å²) in [7, 11) is 0. The van der Waals surface area contributed by atoms with Crippen molar-refractivity contribution in [3.63, 3.8) is 0 Å². The van der Waals surface area contributed by atoms with Crippen molar-refractivity contribution in [2.45, 2.75) is 6.42 Å². The molecule has 5 heteroatoms. The number of nitrogen functional groups attached to an aromatic ring is 1. The Labute approximate surface area is 115 Å². The zero-order valence-corrected chi connectivity index (χ0v) is 10.6. The van der Waals surface area contributed by atoms with Crippen LogP contribution in [0.2, 0.25) is 0 Å². The maximum atomic E-state index is 13.2. The van der Waals surface area contributed by atoms with E-state index in [0.29, 0.717) is 5.69 Å². The van der Waals surface area contributed by atoms with E-state index in [9.17, 15) is 14.0 Å². The number of carbonyl (C=O) groups excluding carboxylic acids is 2. The minimum atomic E-state index is -0.547. The van der Waals surface area contributed by atoms with E-state index in [0.717, 1.165) is 6.42 Å². The first-order valence-corrected chi connectivity index (χ1v) is 6.69. The van der Waals surface area contributed by atoms with E-state index in [1.165, 1.54) is 23.1 Å². The number of anilines is 2. The van der Waals surface area contributed by atoms with Gasteiger partial charge in [-0.15, -0.1) is 0 Å². The van der Waals surface area contributed by atoms with Gasteiger partial charge in [-0.3, -0.25) is 9.59 Å². The summed E-state index contributed by atoms with van der Waals surface area (Å²) in [6.45, 7) is 0. The van der Waals surface area contributed by atoms with Gasteiger partial charge in [-0.1, -0.05) is 12.2 Å². The van der Waals surface area contributed by atoms with E-state index in [-0.39, 0.29) is 41.2 Å². The van der Waals surface area contributed by atoms with Crippen molar-refractivity contribution in [1.82, 2.24) is 0 Å². The Hall–Kier alpha value is -2.17. The van der Waals surface area contributed by atoms with Crippen LogP contribution < -0.4 is 10.6 Å². The summed E-state index contributed by atoms with van der Waals surface area (Å²) in [6, 6.07) is 3.96. The van der Waals surface area contributed by atoms with Gasteiger partial charge in [0.1, 0.15) is 5.82 Å². The third kappa shape index (κ3) is 1.30. The number of fused-ring (bicyclic) bond motifs is 5. The van der Waals surface area contributed by atoms with E-state index >= 15 is 0 Å². The molecule has 2 fully saturated rings. The lowest BCUT2D eigenvalue weighted by molar-refractivity contribution is -0.123. The van der Waals surface area contributed by atoms with Crippen LogP contribution in [0, 0.1) is 29.5 Å². The maximum Gasteiger partial charge on any atom is 0.238 e. The van der Waals surface area contributed by atoms with Crippen LogP contribution in [0.5, 0.6) is 0 Å². The lowest BCUT2D eigenvalue weighted by Gasteiger charge is -2.17. The summed E-state index contributed by atoms with van der Waals surface area (Å²) in [5.41, 5.74) is 5.84. The second-order valence-electron chi connectivity index (χ2n) is 5.72. The van der Waals surface area contributed by atoms with E-state index in [4.69, 9.17) is 5.73 Å². The van der Waals surface area contributed by atoms with Gasteiger partial charge in [0, 0.05) is 0 Å². The standard InChI is InChI=1S/C15H13FN2O2/c16-10-4-3-9(6-11(10)17)18-14(19)12-7-1-2-8(5-7)13(12)15(18)20/h1-4,6-8,12-13H,5,17H2. The van der Waals surface area contributed by atoms with Crippen molar-refractivity contribution in [2.24, 2.45) is 23.7 Å². The molecule has 2 bridgehead atoms. The molecule has 3 aliphatic rings. The normalized spacial score (nSPS) is 34.1. The maximum absolute atomic E-state index is 13.2. The average Bonchev–Trinajstić information content (AvgIpc) is 3.08. The number of amides is 2. The topological polar surface area (TPSA) is 63.4 Å². The molecule has 20 heavy (non-hydrogen) atoms. The van der Waals surface area contributed by atoms with Crippen LogP contribution in [-0.4, -0.2) is 11.8 Å². The second kappa shape index (κ2) is 3.69. The summed E-state index contributed by atoms with van der Waals surface area (Å²) in [4.78, 5) is 26.2. The minimum Gasteiger partial charge on any atom is -0.396 e. The smallest absolute Gasteiger partial charge is 0.238 e. The minimum absolute atomic E-state index is 0.0544. The first kappa shape index (κ1) is 11.6. The molecule has 2 amide bonds. The fourth-order valence-corrected chi connectivity index (χ4v) is 3.83. The van der Waals surface area contributed by atoms with Gasteiger partial charge in [-0.05, 0) is 36.5 Å². The van der Waals surface area contributed by atoms with Gasteiger partial charge in [-0.2, -0.15) is 0 Å². The average molecular weight is 272 g/mol. The summed E-state index contributed by atoms with van der Waals surface area (Å²) >= 11 is 0. The Balaban J connectivity index is 1.76. The highest BCUT2D eigenvalue weighted by Crippen LogP contribution is 2.53. The van der Waals surface area contributed by atoms with E-state index < -0.39 is 5.82 Å². The highest BCUT2D eigenvalue weighted by molar-refractivity contribution is 6.22. The predicted octanol–water partition coefficient (Wildman–Crippen LogP) is 1.72. The van der Waals surface area contributed by atoms with Crippen molar-refractivity contribution in [1.29, 1.82) is 0 Å². The Kier molecular flexibility index (Phi) is 2.14. The van der Waals surface area contributed by atoms with Crippen LogP contribution in [0.3, 0.4) is 0 Å². The van der Waals surface area contributed by atoms with Crippen LogP contribution in [0.1, 0.15) is 6.42 Å². The van der Waals surface area contributed by atoms with E-state index in [1.807, 2.05) is 12.2 Å². The molecule has 1 heterocycles. The number of hydrogen-bond donors (Lipinski definition) is 1. The van der Waals surface area contributed by atoms with Gasteiger partial charge in [0.15, 0.2) is 0 Å². The molecule has 4 nitrogen and oxygen atoms in total. The third-order valence-electron chi connectivity index (χ3n) is 4.71. The van der Waals surface area contributed by atoms with E-state index in [2.05, 4.69) is 0 Å². The largest absolute Gasteiger partial charge is 0.396 e. The highest BCUT2D eigenvalue weighted by atomic mass is 19.1. The van der Waals surface area contributed by atoms with Crippen LogP contribution in [0.25, 0.3) is 0 Å². The van der Waals surface area contributed by atoms with Gasteiger partial charge >= 0.3 is 0 Å². The molecular weight excluding hydrogens is 259 g/mol. The summed E-state index contributed by atoms with van der Waals surface area (Å²) in [5.74, 6) is -1.05. The number of imide groups is 1. The van der Waals surface area contributed by atoms with Crippen molar-refractivity contribution in [2.75, 3.05) is 10.6 Å². The third-order valence-corrected chi connectivity index (χ3v) is 4.71. The zero-order valence-electron chi connectivity index (χ0n) is 10.6. The molecule has 4 rings (SSSR count). The number of nitrogens with two attached hydrogens (primary N) is 1. The number of nitrogens with zero attached hydrogens (tertiary/aromatic N) is 1. The van der Waals surface area contributed by atoms with Gasteiger partial charge in [0.25, 0.3) is 0 Å². The number of benzene rings is 1. The van der Waals surface area contributed by atoms with E-state index in [1.54, 1.807) is 0 Å². The molecule has 0 radical (unpaired) electrons. The van der Waals surface area contributed by atoms with Crippen LogP contribution in [0.15, 0.2) is 30.4 Å². The first-order chi connectivity index (χ1) is 9.58. The molecule has 1 aromatic rings. The molecule has 2 N–H and O–H groups in total. The lowest BCUT2D eigenvalue weighted by atomic mass is 9.85. The molecule has 2 aliphatic carbocycles. The molecule has 1 saturated carbocycles. The zero-order chi connectivity index (χ0) is 14.0. The van der Waals surface area contributed by atoms with Gasteiger partial charge in [-0.25, -0.2) is 9.29 Å². The molecule has 1 saturated heterocycles. The Morgan fingerprint density at radius 1 is 1.10 bits per heavy atom. The fourth-order valence-electron chi connectivity index (χ4n) is 3.83. The summed E-state index contributed by atoms with van der Waals surface area (Å²) < 4.78 is 13.2. The number of hydrogen-bond acceptors (Lipinski definition) is 3. The van der Waals surface area contributed by atoms with Crippen molar-refractivity contribution in [3.05, 3.63) is 36.2 Å². The Morgan fingerprint density at radius 3 is 2.25 bits per heavy atom. The SMILES string of the molecule is Nc1cc(N2C(=O)C3C4C=CC(C4)C3C2=O)ccc1F. The van der Waals surface area contributed by atoms with Crippen molar-refractivity contribution in [3.8, 4) is 0 Å². The number of carbonyl (C=O) groups is 2. The number of rotatable bonds is 1. The molecule has 102 valence electrons. The first-order valence-electron chi connectivity index (χ1n) is 6.69. The summed E-state index contributed by atoms with van der Waals surface area (Å²) in [5, 5.41) is 0.